The van der Waals surface area contributed by atoms with Gasteiger partial charge in [-0.15, -0.1) is 0 Å². The lowest BCUT2D eigenvalue weighted by molar-refractivity contribution is 0.0986. The second kappa shape index (κ2) is 6.19. The molecule has 1 N–H and O–H groups in total. The topological polar surface area (TPSA) is 29.1 Å². The van der Waals surface area contributed by atoms with Crippen LogP contribution in [0.2, 0.25) is 0 Å². The molecule has 0 radical (unpaired) electrons. The quantitative estimate of drug-likeness (QED) is 0.816. The molecule has 2 heteroatoms. The van der Waals surface area contributed by atoms with Gasteiger partial charge in [-0.3, -0.25) is 4.79 Å². The molecule has 0 fully saturated rings. The molecule has 0 bridgehead atoms. The van der Waals surface area contributed by atoms with Gasteiger partial charge in [0.25, 0.3) is 0 Å². The molecule has 0 amide bonds. The van der Waals surface area contributed by atoms with Crippen LogP contribution < -0.4 is 5.32 Å². The number of benzene rings is 2. The van der Waals surface area contributed by atoms with Crippen molar-refractivity contribution in [2.45, 2.75) is 20.3 Å². The van der Waals surface area contributed by atoms with Crippen molar-refractivity contribution in [3.8, 4) is 0 Å². The molecule has 0 aliphatic heterocycles. The Labute approximate surface area is 114 Å². The molecule has 0 saturated carbocycles. The molecule has 0 spiro atoms. The van der Waals surface area contributed by atoms with E-state index in [9.17, 15) is 4.79 Å². The maximum atomic E-state index is 12.1. The van der Waals surface area contributed by atoms with Crippen LogP contribution in [0.1, 0.15) is 27.9 Å². The number of hydrogen-bond acceptors (Lipinski definition) is 2. The van der Waals surface area contributed by atoms with Gasteiger partial charge >= 0.3 is 0 Å². The van der Waals surface area contributed by atoms with Gasteiger partial charge in [-0.2, -0.15) is 0 Å². The van der Waals surface area contributed by atoms with Gasteiger partial charge in [0.1, 0.15) is 0 Å². The third-order valence-electron chi connectivity index (χ3n) is 3.28. The standard InChI is InChI=1S/C17H19NO/c1-13-8-9-15(12-14(13)2)17(19)10-11-18-16-6-4-3-5-7-16/h3-9,12,18H,10-11H2,1-2H3. The first-order chi connectivity index (χ1) is 9.16. The second-order valence-corrected chi connectivity index (χ2v) is 4.77. The van der Waals surface area contributed by atoms with Crippen molar-refractivity contribution in [2.24, 2.45) is 0 Å². The highest BCUT2D eigenvalue weighted by molar-refractivity contribution is 5.96. The van der Waals surface area contributed by atoms with Crippen LogP contribution in [0.15, 0.2) is 48.5 Å². The second-order valence-electron chi connectivity index (χ2n) is 4.77. The Morgan fingerprint density at radius 3 is 2.42 bits per heavy atom. The van der Waals surface area contributed by atoms with Gasteiger partial charge in [0.15, 0.2) is 5.78 Å². The fraction of sp³-hybridized carbons (Fsp3) is 0.235. The van der Waals surface area contributed by atoms with E-state index in [0.717, 1.165) is 11.3 Å². The Balaban J connectivity index is 1.89. The van der Waals surface area contributed by atoms with E-state index in [1.165, 1.54) is 11.1 Å². The molecular weight excluding hydrogens is 234 g/mol. The number of carbonyl (C=O) groups is 1. The lowest BCUT2D eigenvalue weighted by Crippen LogP contribution is -2.09. The lowest BCUT2D eigenvalue weighted by Gasteiger charge is -2.07. The average molecular weight is 253 g/mol. The SMILES string of the molecule is Cc1ccc(C(=O)CCNc2ccccc2)cc1C. The molecule has 0 aromatic heterocycles. The molecule has 2 rings (SSSR count). The van der Waals surface area contributed by atoms with Gasteiger partial charge in [-0.1, -0.05) is 30.3 Å². The van der Waals surface area contributed by atoms with Crippen molar-refractivity contribution in [2.75, 3.05) is 11.9 Å². The first-order valence-electron chi connectivity index (χ1n) is 6.56. The number of aryl methyl sites for hydroxylation is 2. The van der Waals surface area contributed by atoms with Crippen molar-refractivity contribution in [1.82, 2.24) is 0 Å². The van der Waals surface area contributed by atoms with E-state index >= 15 is 0 Å². The number of hydrogen-bond donors (Lipinski definition) is 1. The maximum Gasteiger partial charge on any atom is 0.164 e. The van der Waals surface area contributed by atoms with Gasteiger partial charge in [0.05, 0.1) is 0 Å². The number of nitrogens with one attached hydrogen (secondary N) is 1. The highest BCUT2D eigenvalue weighted by atomic mass is 16.1. The van der Waals surface area contributed by atoms with Crippen LogP contribution in [0.4, 0.5) is 5.69 Å². The Bertz CT molecular complexity index is 561. The molecule has 0 saturated heterocycles. The molecule has 2 nitrogen and oxygen atoms in total. The van der Waals surface area contributed by atoms with E-state index in [1.54, 1.807) is 0 Å². The summed E-state index contributed by atoms with van der Waals surface area (Å²) in [5.41, 5.74) is 4.24. The van der Waals surface area contributed by atoms with Crippen molar-refractivity contribution in [1.29, 1.82) is 0 Å². The fourth-order valence-corrected chi connectivity index (χ4v) is 1.94. The predicted molar refractivity (Wildman–Crippen MR) is 79.8 cm³/mol. The van der Waals surface area contributed by atoms with E-state index in [1.807, 2.05) is 55.5 Å². The summed E-state index contributed by atoms with van der Waals surface area (Å²) in [5, 5.41) is 3.25. The number of anilines is 1. The van der Waals surface area contributed by atoms with Crippen LogP contribution in [0.25, 0.3) is 0 Å². The summed E-state index contributed by atoms with van der Waals surface area (Å²) in [4.78, 5) is 12.1. The Hall–Kier alpha value is -2.09. The number of carbonyl (C=O) groups excluding carboxylic acids is 1. The number of ketones is 1. The monoisotopic (exact) mass is 253 g/mol. The van der Waals surface area contributed by atoms with E-state index in [4.69, 9.17) is 0 Å². The summed E-state index contributed by atoms with van der Waals surface area (Å²) < 4.78 is 0. The molecule has 0 aliphatic carbocycles. The van der Waals surface area contributed by atoms with E-state index in [0.29, 0.717) is 13.0 Å². The molecule has 0 unspecified atom stereocenters. The normalized spacial score (nSPS) is 10.2. The summed E-state index contributed by atoms with van der Waals surface area (Å²) in [7, 11) is 0. The smallest absolute Gasteiger partial charge is 0.164 e. The summed E-state index contributed by atoms with van der Waals surface area (Å²) in [6, 6.07) is 15.8. The number of para-hydroxylation sites is 1. The third-order valence-corrected chi connectivity index (χ3v) is 3.28. The minimum atomic E-state index is 0.187. The summed E-state index contributed by atoms with van der Waals surface area (Å²) >= 11 is 0. The molecule has 2 aromatic rings. The molecule has 0 heterocycles. The van der Waals surface area contributed by atoms with Crippen LogP contribution in [0.3, 0.4) is 0 Å². The zero-order valence-electron chi connectivity index (χ0n) is 11.4. The van der Waals surface area contributed by atoms with E-state index < -0.39 is 0 Å². The summed E-state index contributed by atoms with van der Waals surface area (Å²) in [6.07, 6.45) is 0.511. The zero-order valence-corrected chi connectivity index (χ0v) is 11.4. The molecular formula is C17H19NO. The molecule has 19 heavy (non-hydrogen) atoms. The molecule has 98 valence electrons. The fourth-order valence-electron chi connectivity index (χ4n) is 1.94. The predicted octanol–water partition coefficient (Wildman–Crippen LogP) is 3.99. The number of rotatable bonds is 5. The highest BCUT2D eigenvalue weighted by Gasteiger charge is 2.06. The van der Waals surface area contributed by atoms with E-state index in [-0.39, 0.29) is 5.78 Å². The van der Waals surface area contributed by atoms with Gasteiger partial charge in [-0.25, -0.2) is 0 Å². The van der Waals surface area contributed by atoms with Crippen molar-refractivity contribution < 1.29 is 4.79 Å². The van der Waals surface area contributed by atoms with Crippen LogP contribution in [-0.2, 0) is 0 Å². The minimum Gasteiger partial charge on any atom is -0.385 e. The molecule has 0 atom stereocenters. The lowest BCUT2D eigenvalue weighted by atomic mass is 10.0. The van der Waals surface area contributed by atoms with Crippen molar-refractivity contribution in [3.63, 3.8) is 0 Å². The zero-order chi connectivity index (χ0) is 13.7. The highest BCUT2D eigenvalue weighted by Crippen LogP contribution is 2.12. The first kappa shape index (κ1) is 13.3. The molecule has 0 aliphatic rings. The summed E-state index contributed by atoms with van der Waals surface area (Å²) in [5.74, 6) is 0.187. The summed E-state index contributed by atoms with van der Waals surface area (Å²) in [6.45, 7) is 4.75. The Morgan fingerprint density at radius 1 is 1.00 bits per heavy atom. The van der Waals surface area contributed by atoms with Crippen molar-refractivity contribution >= 4 is 11.5 Å². The van der Waals surface area contributed by atoms with Crippen LogP contribution in [0, 0.1) is 13.8 Å². The van der Waals surface area contributed by atoms with Crippen LogP contribution >= 0.6 is 0 Å². The van der Waals surface area contributed by atoms with Gasteiger partial charge < -0.3 is 5.32 Å². The third kappa shape index (κ3) is 3.68. The minimum absolute atomic E-state index is 0.187. The first-order valence-corrected chi connectivity index (χ1v) is 6.56. The van der Waals surface area contributed by atoms with Crippen molar-refractivity contribution in [3.05, 3.63) is 65.2 Å². The average Bonchev–Trinajstić information content (AvgIpc) is 2.43. The van der Waals surface area contributed by atoms with Gasteiger partial charge in [0.2, 0.25) is 0 Å². The Kier molecular flexibility index (Phi) is 4.35. The van der Waals surface area contributed by atoms with Gasteiger partial charge in [0, 0.05) is 24.2 Å². The van der Waals surface area contributed by atoms with Gasteiger partial charge in [-0.05, 0) is 43.2 Å². The van der Waals surface area contributed by atoms with Crippen LogP contribution in [0.5, 0.6) is 0 Å². The maximum absolute atomic E-state index is 12.1. The van der Waals surface area contributed by atoms with Crippen LogP contribution in [-0.4, -0.2) is 12.3 Å². The number of Topliss-reactive ketones (excluding diaryl/α,β-unsaturated/α-hetero) is 1. The largest absolute Gasteiger partial charge is 0.385 e. The van der Waals surface area contributed by atoms with E-state index in [2.05, 4.69) is 12.2 Å². The Morgan fingerprint density at radius 2 is 1.74 bits per heavy atom. The molecule has 2 aromatic carbocycles.